The zero-order valence-corrected chi connectivity index (χ0v) is 16.5. The normalized spacial score (nSPS) is 10.1. The van der Waals surface area contributed by atoms with Gasteiger partial charge in [0.15, 0.2) is 0 Å². The smallest absolute Gasteiger partial charge is 0.308 e. The van der Waals surface area contributed by atoms with Gasteiger partial charge in [-0.25, -0.2) is 0 Å². The molecule has 2 N–H and O–H groups in total. The lowest BCUT2D eigenvalue weighted by molar-refractivity contribution is -0.131. The van der Waals surface area contributed by atoms with E-state index in [-0.39, 0.29) is 11.8 Å². The van der Waals surface area contributed by atoms with Gasteiger partial charge in [0.05, 0.1) is 7.11 Å². The number of benzene rings is 3. The van der Waals surface area contributed by atoms with E-state index in [0.29, 0.717) is 34.0 Å². The maximum absolute atomic E-state index is 12.5. The average molecular weight is 404 g/mol. The molecule has 3 rings (SSSR count). The van der Waals surface area contributed by atoms with Gasteiger partial charge in [-0.2, -0.15) is 0 Å². The third kappa shape index (κ3) is 5.45. The Morgan fingerprint density at radius 2 is 1.17 bits per heavy atom. The molecule has 0 unspecified atom stereocenters. The lowest BCUT2D eigenvalue weighted by atomic mass is 10.1. The van der Waals surface area contributed by atoms with E-state index in [4.69, 9.17) is 9.47 Å². The molecule has 0 aromatic heterocycles. The lowest BCUT2D eigenvalue weighted by Gasteiger charge is -2.09. The summed E-state index contributed by atoms with van der Waals surface area (Å²) in [6, 6.07) is 19.8. The molecule has 2 amide bonds. The number of rotatable bonds is 6. The summed E-state index contributed by atoms with van der Waals surface area (Å²) in [4.78, 5) is 35.9. The molecule has 30 heavy (non-hydrogen) atoms. The molecule has 7 nitrogen and oxygen atoms in total. The summed E-state index contributed by atoms with van der Waals surface area (Å²) in [5, 5.41) is 5.51. The highest BCUT2D eigenvalue weighted by Gasteiger charge is 2.11. The number of methoxy groups -OCH3 is 1. The van der Waals surface area contributed by atoms with E-state index in [1.807, 2.05) is 0 Å². The molecule has 0 spiro atoms. The first kappa shape index (κ1) is 20.6. The van der Waals surface area contributed by atoms with Crippen LogP contribution in [0.15, 0.2) is 72.8 Å². The van der Waals surface area contributed by atoms with Crippen LogP contribution in [0.25, 0.3) is 0 Å². The van der Waals surface area contributed by atoms with Crippen molar-refractivity contribution in [3.05, 3.63) is 83.9 Å². The minimum atomic E-state index is -0.443. The van der Waals surface area contributed by atoms with Gasteiger partial charge in [-0.1, -0.05) is 12.1 Å². The van der Waals surface area contributed by atoms with E-state index < -0.39 is 5.97 Å². The largest absolute Gasteiger partial charge is 0.497 e. The Morgan fingerprint density at radius 1 is 0.700 bits per heavy atom. The maximum Gasteiger partial charge on any atom is 0.308 e. The molecule has 0 heterocycles. The molecule has 0 saturated heterocycles. The molecule has 0 aliphatic carbocycles. The number of carbonyl (C=O) groups excluding carboxylic acids is 3. The van der Waals surface area contributed by atoms with E-state index in [2.05, 4.69) is 10.6 Å². The van der Waals surface area contributed by atoms with Crippen molar-refractivity contribution in [3.63, 3.8) is 0 Å². The maximum atomic E-state index is 12.5. The summed E-state index contributed by atoms with van der Waals surface area (Å²) in [5.41, 5.74) is 1.88. The van der Waals surface area contributed by atoms with Gasteiger partial charge in [0.2, 0.25) is 0 Å². The van der Waals surface area contributed by atoms with E-state index in [1.165, 1.54) is 6.92 Å². The second kappa shape index (κ2) is 9.38. The van der Waals surface area contributed by atoms with E-state index in [9.17, 15) is 14.4 Å². The number of hydrogen-bond donors (Lipinski definition) is 2. The quantitative estimate of drug-likeness (QED) is 0.476. The highest BCUT2D eigenvalue weighted by Crippen LogP contribution is 2.19. The van der Waals surface area contributed by atoms with Crippen LogP contribution in [0, 0.1) is 0 Å². The van der Waals surface area contributed by atoms with Crippen molar-refractivity contribution < 1.29 is 23.9 Å². The van der Waals surface area contributed by atoms with Crippen LogP contribution in [0.5, 0.6) is 11.5 Å². The summed E-state index contributed by atoms with van der Waals surface area (Å²) >= 11 is 0. The third-order valence-corrected chi connectivity index (χ3v) is 4.09. The molecule has 3 aromatic carbocycles. The SMILES string of the molecule is COc1cccc(NC(=O)c2ccc(C(=O)Nc3cccc(OC(C)=O)c3)cc2)c1. The van der Waals surface area contributed by atoms with Crippen molar-refractivity contribution >= 4 is 29.2 Å². The van der Waals surface area contributed by atoms with Crippen molar-refractivity contribution in [2.24, 2.45) is 0 Å². The molecule has 0 atom stereocenters. The predicted octanol–water partition coefficient (Wildman–Crippen LogP) is 4.13. The van der Waals surface area contributed by atoms with Crippen molar-refractivity contribution in [1.29, 1.82) is 0 Å². The molecule has 3 aromatic rings. The van der Waals surface area contributed by atoms with E-state index in [0.717, 1.165) is 0 Å². The van der Waals surface area contributed by atoms with Crippen LogP contribution < -0.4 is 20.1 Å². The zero-order valence-electron chi connectivity index (χ0n) is 16.5. The van der Waals surface area contributed by atoms with Crippen molar-refractivity contribution in [1.82, 2.24) is 0 Å². The van der Waals surface area contributed by atoms with Crippen LogP contribution >= 0.6 is 0 Å². The fourth-order valence-corrected chi connectivity index (χ4v) is 2.68. The van der Waals surface area contributed by atoms with Crippen LogP contribution in [-0.2, 0) is 4.79 Å². The fraction of sp³-hybridized carbons (Fsp3) is 0.0870. The first-order valence-electron chi connectivity index (χ1n) is 9.10. The number of amides is 2. The summed E-state index contributed by atoms with van der Waals surface area (Å²) in [6.45, 7) is 1.30. The van der Waals surface area contributed by atoms with E-state index >= 15 is 0 Å². The first-order valence-corrected chi connectivity index (χ1v) is 9.10. The van der Waals surface area contributed by atoms with Gasteiger partial charge in [-0.15, -0.1) is 0 Å². The van der Waals surface area contributed by atoms with Gasteiger partial charge in [0, 0.05) is 41.6 Å². The van der Waals surface area contributed by atoms with Crippen molar-refractivity contribution in [2.75, 3.05) is 17.7 Å². The van der Waals surface area contributed by atoms with Gasteiger partial charge in [0.25, 0.3) is 11.8 Å². The first-order chi connectivity index (χ1) is 14.4. The predicted molar refractivity (Wildman–Crippen MR) is 113 cm³/mol. The zero-order chi connectivity index (χ0) is 21.5. The van der Waals surface area contributed by atoms with Crippen LogP contribution in [0.2, 0.25) is 0 Å². The molecule has 0 aliphatic heterocycles. The summed E-state index contributed by atoms with van der Waals surface area (Å²) < 4.78 is 10.1. The van der Waals surface area contributed by atoms with Gasteiger partial charge < -0.3 is 20.1 Å². The monoisotopic (exact) mass is 404 g/mol. The second-order valence-electron chi connectivity index (χ2n) is 6.34. The minimum absolute atomic E-state index is 0.302. The second-order valence-corrected chi connectivity index (χ2v) is 6.34. The van der Waals surface area contributed by atoms with Gasteiger partial charge >= 0.3 is 5.97 Å². The Kier molecular flexibility index (Phi) is 6.44. The molecule has 7 heteroatoms. The Hall–Kier alpha value is -4.13. The molecule has 152 valence electrons. The Bertz CT molecular complexity index is 1080. The van der Waals surface area contributed by atoms with Crippen molar-refractivity contribution in [2.45, 2.75) is 6.92 Å². The summed E-state index contributed by atoms with van der Waals surface area (Å²) in [6.07, 6.45) is 0. The molecule has 0 radical (unpaired) electrons. The molecular weight excluding hydrogens is 384 g/mol. The topological polar surface area (TPSA) is 93.7 Å². The fourth-order valence-electron chi connectivity index (χ4n) is 2.68. The molecule has 0 aliphatic rings. The number of ether oxygens (including phenoxy) is 2. The average Bonchev–Trinajstić information content (AvgIpc) is 2.73. The Morgan fingerprint density at radius 3 is 1.63 bits per heavy atom. The number of nitrogens with one attached hydrogen (secondary N) is 2. The van der Waals surface area contributed by atoms with Crippen LogP contribution in [0.3, 0.4) is 0 Å². The van der Waals surface area contributed by atoms with Crippen LogP contribution in [0.1, 0.15) is 27.6 Å². The van der Waals surface area contributed by atoms with Crippen LogP contribution in [-0.4, -0.2) is 24.9 Å². The van der Waals surface area contributed by atoms with Gasteiger partial charge in [0.1, 0.15) is 11.5 Å². The highest BCUT2D eigenvalue weighted by molar-refractivity contribution is 6.07. The van der Waals surface area contributed by atoms with Gasteiger partial charge in [-0.05, 0) is 48.5 Å². The number of anilines is 2. The lowest BCUT2D eigenvalue weighted by Crippen LogP contribution is -2.14. The molecule has 0 saturated carbocycles. The molecular formula is C23H20N2O5. The van der Waals surface area contributed by atoms with Gasteiger partial charge in [-0.3, -0.25) is 14.4 Å². The molecule has 0 fully saturated rings. The van der Waals surface area contributed by atoms with Crippen molar-refractivity contribution in [3.8, 4) is 11.5 Å². The summed E-state index contributed by atoms with van der Waals surface area (Å²) in [7, 11) is 1.55. The highest BCUT2D eigenvalue weighted by atomic mass is 16.5. The standard InChI is InChI=1S/C23H20N2O5/c1-15(26)30-21-8-4-6-19(14-21)25-23(28)17-11-9-16(10-12-17)22(27)24-18-5-3-7-20(13-18)29-2/h3-14H,1-2H3,(H,24,27)(H,25,28). The number of hydrogen-bond acceptors (Lipinski definition) is 5. The Balaban J connectivity index is 1.65. The third-order valence-electron chi connectivity index (χ3n) is 4.09. The van der Waals surface area contributed by atoms with Crippen LogP contribution in [0.4, 0.5) is 11.4 Å². The number of carbonyl (C=O) groups is 3. The van der Waals surface area contributed by atoms with E-state index in [1.54, 1.807) is 79.9 Å². The Labute approximate surface area is 173 Å². The summed E-state index contributed by atoms with van der Waals surface area (Å²) in [5.74, 6) is -0.122. The molecule has 0 bridgehead atoms. The minimum Gasteiger partial charge on any atom is -0.497 e. The number of esters is 1.